The van der Waals surface area contributed by atoms with E-state index in [1.54, 1.807) is 4.68 Å². The second kappa shape index (κ2) is 4.04. The van der Waals surface area contributed by atoms with Gasteiger partial charge in [-0.3, -0.25) is 4.68 Å². The fourth-order valence-corrected chi connectivity index (χ4v) is 1.17. The summed E-state index contributed by atoms with van der Waals surface area (Å²) >= 11 is 0. The lowest BCUT2D eigenvalue weighted by molar-refractivity contribution is 0.573. The molecule has 0 aromatic carbocycles. The van der Waals surface area contributed by atoms with E-state index in [2.05, 4.69) is 16.4 Å². The third kappa shape index (κ3) is 2.05. The highest BCUT2D eigenvalue weighted by Gasteiger charge is 2.18. The highest BCUT2D eigenvalue weighted by Crippen LogP contribution is 2.20. The van der Waals surface area contributed by atoms with E-state index < -0.39 is 0 Å². The standard InChI is InChI=1S/C9H14N4/c1-4-13-6-9(11-12-13)8(5-10)7(2)3/h6-8H,4H2,1-3H3. The highest BCUT2D eigenvalue weighted by molar-refractivity contribution is 5.13. The first-order valence-corrected chi connectivity index (χ1v) is 4.48. The van der Waals surface area contributed by atoms with Crippen LogP contribution < -0.4 is 0 Å². The van der Waals surface area contributed by atoms with Gasteiger partial charge in [-0.2, -0.15) is 5.26 Å². The molecule has 1 unspecified atom stereocenters. The quantitative estimate of drug-likeness (QED) is 0.705. The highest BCUT2D eigenvalue weighted by atomic mass is 15.4. The van der Waals surface area contributed by atoms with Crippen molar-refractivity contribution in [1.82, 2.24) is 15.0 Å². The molecule has 70 valence electrons. The molecule has 0 amide bonds. The molecule has 0 saturated carbocycles. The Morgan fingerprint density at radius 2 is 2.31 bits per heavy atom. The van der Waals surface area contributed by atoms with Gasteiger partial charge in [0.15, 0.2) is 0 Å². The van der Waals surface area contributed by atoms with Crippen LogP contribution in [0, 0.1) is 17.2 Å². The molecule has 0 aliphatic rings. The number of hydrogen-bond acceptors (Lipinski definition) is 3. The van der Waals surface area contributed by atoms with Crippen molar-refractivity contribution in [3.05, 3.63) is 11.9 Å². The maximum absolute atomic E-state index is 8.90. The smallest absolute Gasteiger partial charge is 0.100 e. The molecule has 0 aliphatic heterocycles. The van der Waals surface area contributed by atoms with Gasteiger partial charge in [0.1, 0.15) is 5.69 Å². The first-order chi connectivity index (χ1) is 6.19. The van der Waals surface area contributed by atoms with Crippen LogP contribution in [0.1, 0.15) is 32.4 Å². The fraction of sp³-hybridized carbons (Fsp3) is 0.667. The molecule has 0 saturated heterocycles. The van der Waals surface area contributed by atoms with Crippen LogP contribution >= 0.6 is 0 Å². The van der Waals surface area contributed by atoms with Crippen LogP contribution in [0.4, 0.5) is 0 Å². The van der Waals surface area contributed by atoms with Gasteiger partial charge in [-0.1, -0.05) is 19.1 Å². The van der Waals surface area contributed by atoms with Crippen LogP contribution in [-0.4, -0.2) is 15.0 Å². The molecule has 0 N–H and O–H groups in total. The molecule has 13 heavy (non-hydrogen) atoms. The van der Waals surface area contributed by atoms with Crippen molar-refractivity contribution in [2.45, 2.75) is 33.2 Å². The van der Waals surface area contributed by atoms with Gasteiger partial charge in [-0.05, 0) is 12.8 Å². The maximum Gasteiger partial charge on any atom is 0.100 e. The number of aromatic nitrogens is 3. The van der Waals surface area contributed by atoms with Crippen LogP contribution in [-0.2, 0) is 6.54 Å². The van der Waals surface area contributed by atoms with E-state index in [4.69, 9.17) is 5.26 Å². The molecule has 0 fully saturated rings. The Morgan fingerprint density at radius 3 is 2.69 bits per heavy atom. The van der Waals surface area contributed by atoms with Crippen molar-refractivity contribution >= 4 is 0 Å². The van der Waals surface area contributed by atoms with Gasteiger partial charge in [-0.15, -0.1) is 5.10 Å². The van der Waals surface area contributed by atoms with E-state index in [1.807, 2.05) is 27.0 Å². The lowest BCUT2D eigenvalue weighted by Gasteiger charge is -2.07. The predicted molar refractivity (Wildman–Crippen MR) is 48.9 cm³/mol. The van der Waals surface area contributed by atoms with E-state index in [1.165, 1.54) is 0 Å². The Bertz CT molecular complexity index is 308. The zero-order valence-electron chi connectivity index (χ0n) is 8.23. The van der Waals surface area contributed by atoms with E-state index in [-0.39, 0.29) is 11.8 Å². The molecule has 1 atom stereocenters. The number of rotatable bonds is 3. The van der Waals surface area contributed by atoms with Gasteiger partial charge in [0.05, 0.1) is 12.0 Å². The second-order valence-electron chi connectivity index (χ2n) is 3.35. The largest absolute Gasteiger partial charge is 0.253 e. The lowest BCUT2D eigenvalue weighted by atomic mass is 9.95. The van der Waals surface area contributed by atoms with Crippen molar-refractivity contribution in [2.24, 2.45) is 5.92 Å². The van der Waals surface area contributed by atoms with Crippen LogP contribution in [0.5, 0.6) is 0 Å². The first kappa shape index (κ1) is 9.72. The van der Waals surface area contributed by atoms with Crippen molar-refractivity contribution in [3.8, 4) is 6.07 Å². The van der Waals surface area contributed by atoms with Crippen LogP contribution in [0.2, 0.25) is 0 Å². The number of aryl methyl sites for hydroxylation is 1. The topological polar surface area (TPSA) is 54.5 Å². The van der Waals surface area contributed by atoms with Gasteiger partial charge < -0.3 is 0 Å². The molecule has 4 heteroatoms. The molecule has 0 bridgehead atoms. The first-order valence-electron chi connectivity index (χ1n) is 4.48. The maximum atomic E-state index is 8.90. The van der Waals surface area contributed by atoms with Gasteiger partial charge in [0.2, 0.25) is 0 Å². The van der Waals surface area contributed by atoms with Gasteiger partial charge in [-0.25, -0.2) is 0 Å². The van der Waals surface area contributed by atoms with Crippen molar-refractivity contribution in [3.63, 3.8) is 0 Å². The minimum absolute atomic E-state index is 0.139. The van der Waals surface area contributed by atoms with Crippen LogP contribution in [0.3, 0.4) is 0 Å². The number of hydrogen-bond donors (Lipinski definition) is 0. The Labute approximate surface area is 78.2 Å². The van der Waals surface area contributed by atoms with Gasteiger partial charge in [0.25, 0.3) is 0 Å². The fourth-order valence-electron chi connectivity index (χ4n) is 1.17. The van der Waals surface area contributed by atoms with Gasteiger partial charge >= 0.3 is 0 Å². The molecule has 4 nitrogen and oxygen atoms in total. The summed E-state index contributed by atoms with van der Waals surface area (Å²) in [6.45, 7) is 6.82. The monoisotopic (exact) mass is 178 g/mol. The van der Waals surface area contributed by atoms with Crippen molar-refractivity contribution in [2.75, 3.05) is 0 Å². The van der Waals surface area contributed by atoms with Gasteiger partial charge in [0, 0.05) is 12.7 Å². The summed E-state index contributed by atoms with van der Waals surface area (Å²) in [5.74, 6) is 0.146. The summed E-state index contributed by atoms with van der Waals surface area (Å²) in [7, 11) is 0. The molecule has 0 radical (unpaired) electrons. The van der Waals surface area contributed by atoms with Crippen LogP contribution in [0.25, 0.3) is 0 Å². The zero-order valence-corrected chi connectivity index (χ0v) is 8.23. The third-order valence-electron chi connectivity index (χ3n) is 2.00. The molecule has 1 heterocycles. The van der Waals surface area contributed by atoms with E-state index >= 15 is 0 Å². The molecule has 1 rings (SSSR count). The molecular formula is C9H14N4. The summed E-state index contributed by atoms with van der Waals surface area (Å²) in [6.07, 6.45) is 1.84. The Morgan fingerprint density at radius 1 is 1.62 bits per heavy atom. The second-order valence-corrected chi connectivity index (χ2v) is 3.35. The summed E-state index contributed by atoms with van der Waals surface area (Å²) in [5, 5.41) is 16.8. The Kier molecular flexibility index (Phi) is 3.02. The number of nitriles is 1. The molecule has 0 aliphatic carbocycles. The Hall–Kier alpha value is -1.37. The summed E-state index contributed by atoms with van der Waals surface area (Å²) < 4.78 is 1.74. The average Bonchev–Trinajstić information content (AvgIpc) is 2.53. The molecule has 1 aromatic rings. The van der Waals surface area contributed by atoms with E-state index in [0.29, 0.717) is 0 Å². The molecule has 1 aromatic heterocycles. The third-order valence-corrected chi connectivity index (χ3v) is 2.00. The Balaban J connectivity index is 2.87. The number of nitrogens with zero attached hydrogens (tertiary/aromatic N) is 4. The summed E-state index contributed by atoms with van der Waals surface area (Å²) in [5.41, 5.74) is 0.777. The minimum Gasteiger partial charge on any atom is -0.253 e. The zero-order chi connectivity index (χ0) is 9.84. The average molecular weight is 178 g/mol. The SMILES string of the molecule is CCn1cc(C(C#N)C(C)C)nn1. The normalized spacial score (nSPS) is 12.8. The minimum atomic E-state index is -0.139. The lowest BCUT2D eigenvalue weighted by Crippen LogP contribution is -2.04. The predicted octanol–water partition coefficient (Wildman–Crippen LogP) is 1.56. The van der Waals surface area contributed by atoms with Crippen molar-refractivity contribution in [1.29, 1.82) is 5.26 Å². The molecular weight excluding hydrogens is 164 g/mol. The summed E-state index contributed by atoms with van der Waals surface area (Å²) in [6, 6.07) is 2.24. The van der Waals surface area contributed by atoms with Crippen LogP contribution in [0.15, 0.2) is 6.20 Å². The van der Waals surface area contributed by atoms with E-state index in [9.17, 15) is 0 Å². The van der Waals surface area contributed by atoms with Crippen molar-refractivity contribution < 1.29 is 0 Å². The molecule has 0 spiro atoms. The summed E-state index contributed by atoms with van der Waals surface area (Å²) in [4.78, 5) is 0. The van der Waals surface area contributed by atoms with E-state index in [0.717, 1.165) is 12.2 Å².